The number of amides is 1. The van der Waals surface area contributed by atoms with Gasteiger partial charge in [0, 0.05) is 19.5 Å². The molecule has 9 heteroatoms. The lowest BCUT2D eigenvalue weighted by atomic mass is 9.96. The van der Waals surface area contributed by atoms with Crippen LogP contribution in [0.4, 0.5) is 4.39 Å². The van der Waals surface area contributed by atoms with Crippen molar-refractivity contribution in [1.29, 1.82) is 0 Å². The topological polar surface area (TPSA) is 64.4 Å². The number of nitrogens with zero attached hydrogens (tertiary/aromatic N) is 3. The normalized spacial score (nSPS) is 15.5. The number of benzene rings is 2. The van der Waals surface area contributed by atoms with Crippen LogP contribution in [0.15, 0.2) is 36.4 Å². The molecule has 1 saturated heterocycles. The first-order valence-electron chi connectivity index (χ1n) is 11.3. The molecule has 6 nitrogen and oxygen atoms in total. The van der Waals surface area contributed by atoms with Gasteiger partial charge in [0.25, 0.3) is 0 Å². The van der Waals surface area contributed by atoms with E-state index < -0.39 is 6.04 Å². The Balaban J connectivity index is 1.62. The molecule has 2 aromatic carbocycles. The molecule has 1 atom stereocenters. The number of esters is 1. The molecule has 1 aliphatic heterocycles. The van der Waals surface area contributed by atoms with Crippen LogP contribution in [-0.4, -0.2) is 46.0 Å². The molecule has 0 saturated carbocycles. The molecule has 1 fully saturated rings. The van der Waals surface area contributed by atoms with E-state index in [-0.39, 0.29) is 23.6 Å². The lowest BCUT2D eigenvalue weighted by Crippen LogP contribution is -2.43. The number of halogens is 3. The van der Waals surface area contributed by atoms with Gasteiger partial charge in [-0.1, -0.05) is 35.3 Å². The van der Waals surface area contributed by atoms with Gasteiger partial charge in [0.05, 0.1) is 33.6 Å². The average Bonchev–Trinajstić information content (AvgIpc) is 3.16. The minimum Gasteiger partial charge on any atom is -0.466 e. The third-order valence-corrected chi connectivity index (χ3v) is 6.97. The van der Waals surface area contributed by atoms with E-state index in [1.165, 1.54) is 12.1 Å². The number of likely N-dealkylation sites (tertiary alicyclic amines) is 1. The van der Waals surface area contributed by atoms with Gasteiger partial charge in [0.1, 0.15) is 17.7 Å². The summed E-state index contributed by atoms with van der Waals surface area (Å²) in [7, 11) is 0. The highest BCUT2D eigenvalue weighted by Gasteiger charge is 2.32. The Hall–Kier alpha value is -2.64. The molecule has 1 unspecified atom stereocenters. The summed E-state index contributed by atoms with van der Waals surface area (Å²) in [5.41, 5.74) is 2.20. The van der Waals surface area contributed by atoms with Crippen molar-refractivity contribution in [1.82, 2.24) is 14.5 Å². The predicted molar refractivity (Wildman–Crippen MR) is 130 cm³/mol. The molecule has 4 rings (SSSR count). The van der Waals surface area contributed by atoms with Crippen LogP contribution in [0.2, 0.25) is 10.0 Å². The highest BCUT2D eigenvalue weighted by Crippen LogP contribution is 2.32. The molecule has 3 aromatic rings. The Morgan fingerprint density at radius 1 is 1.15 bits per heavy atom. The first kappa shape index (κ1) is 24.5. The van der Waals surface area contributed by atoms with Gasteiger partial charge in [-0.3, -0.25) is 9.59 Å². The number of fused-ring (bicyclic) bond motifs is 1. The van der Waals surface area contributed by atoms with Crippen LogP contribution in [0.1, 0.15) is 44.1 Å². The Morgan fingerprint density at radius 2 is 1.79 bits per heavy atom. The summed E-state index contributed by atoms with van der Waals surface area (Å²) in [6.45, 7) is 4.94. The fraction of sp³-hybridized carbons (Fsp3) is 0.400. The molecular formula is C25H26Cl2FN3O3. The van der Waals surface area contributed by atoms with Crippen LogP contribution in [0.3, 0.4) is 0 Å². The van der Waals surface area contributed by atoms with Crippen LogP contribution in [0.5, 0.6) is 0 Å². The van der Waals surface area contributed by atoms with Gasteiger partial charge in [-0.15, -0.1) is 0 Å². The summed E-state index contributed by atoms with van der Waals surface area (Å²) in [4.78, 5) is 32.1. The molecule has 2 heterocycles. The van der Waals surface area contributed by atoms with E-state index in [4.69, 9.17) is 32.9 Å². The zero-order valence-electron chi connectivity index (χ0n) is 19.1. The summed E-state index contributed by atoms with van der Waals surface area (Å²) in [5, 5.41) is 0.755. The van der Waals surface area contributed by atoms with Crippen LogP contribution >= 0.6 is 23.2 Å². The quantitative estimate of drug-likeness (QED) is 0.418. The van der Waals surface area contributed by atoms with Gasteiger partial charge in [0.15, 0.2) is 0 Å². The standard InChI is InChI=1S/C25H26Cl2FN3O3/c1-3-34-25(33)17-8-10-30(11-9-17)24(32)15(2)31-22-14-20(27)19(26)13-21(22)29-23(31)12-16-4-6-18(28)7-5-16/h4-7,13-15,17H,3,8-12H2,1-2H3. The molecule has 0 radical (unpaired) electrons. The molecular weight excluding hydrogens is 480 g/mol. The number of carbonyl (C=O) groups is 2. The first-order valence-corrected chi connectivity index (χ1v) is 12.1. The van der Waals surface area contributed by atoms with Gasteiger partial charge < -0.3 is 14.2 Å². The van der Waals surface area contributed by atoms with Gasteiger partial charge >= 0.3 is 5.97 Å². The third kappa shape index (κ3) is 5.05. The summed E-state index contributed by atoms with van der Waals surface area (Å²) in [6, 6.07) is 9.05. The Bertz CT molecular complexity index is 1200. The zero-order chi connectivity index (χ0) is 24.4. The number of hydrogen-bond acceptors (Lipinski definition) is 4. The fourth-order valence-corrected chi connectivity index (χ4v) is 4.77. The predicted octanol–water partition coefficient (Wildman–Crippen LogP) is 5.44. The second kappa shape index (κ2) is 10.3. The number of hydrogen-bond donors (Lipinski definition) is 0. The number of ether oxygens (including phenoxy) is 1. The highest BCUT2D eigenvalue weighted by atomic mass is 35.5. The SMILES string of the molecule is CCOC(=O)C1CCN(C(=O)C(C)n2c(Cc3ccc(F)cc3)nc3cc(Cl)c(Cl)cc32)CC1. The summed E-state index contributed by atoms with van der Waals surface area (Å²) >= 11 is 12.5. The van der Waals surface area contributed by atoms with E-state index in [9.17, 15) is 14.0 Å². The number of piperidine rings is 1. The smallest absolute Gasteiger partial charge is 0.309 e. The molecule has 0 aliphatic carbocycles. The van der Waals surface area contributed by atoms with Crippen molar-refractivity contribution in [2.24, 2.45) is 5.92 Å². The van der Waals surface area contributed by atoms with Gasteiger partial charge in [0.2, 0.25) is 5.91 Å². The zero-order valence-corrected chi connectivity index (χ0v) is 20.6. The Kier molecular flexibility index (Phi) is 7.43. The largest absolute Gasteiger partial charge is 0.466 e. The molecule has 1 amide bonds. The number of imidazole rings is 1. The van der Waals surface area contributed by atoms with Crippen molar-refractivity contribution in [2.45, 2.75) is 39.2 Å². The molecule has 1 aliphatic rings. The maximum absolute atomic E-state index is 13.5. The van der Waals surface area contributed by atoms with E-state index in [1.54, 1.807) is 36.1 Å². The second-order valence-electron chi connectivity index (χ2n) is 8.48. The molecule has 34 heavy (non-hydrogen) atoms. The van der Waals surface area contributed by atoms with E-state index >= 15 is 0 Å². The summed E-state index contributed by atoms with van der Waals surface area (Å²) in [5.74, 6) is -0.0967. The monoisotopic (exact) mass is 505 g/mol. The Morgan fingerprint density at radius 3 is 2.44 bits per heavy atom. The van der Waals surface area contributed by atoms with Crippen LogP contribution in [0.25, 0.3) is 11.0 Å². The lowest BCUT2D eigenvalue weighted by Gasteiger charge is -2.33. The van der Waals surface area contributed by atoms with Crippen molar-refractivity contribution in [3.8, 4) is 0 Å². The number of rotatable bonds is 6. The summed E-state index contributed by atoms with van der Waals surface area (Å²) in [6.07, 6.45) is 1.56. The van der Waals surface area contributed by atoms with Gasteiger partial charge in [-0.05, 0) is 56.5 Å². The van der Waals surface area contributed by atoms with E-state index in [0.717, 1.165) is 5.56 Å². The van der Waals surface area contributed by atoms with Gasteiger partial charge in [-0.25, -0.2) is 9.37 Å². The molecule has 0 N–H and O–H groups in total. The first-order chi connectivity index (χ1) is 16.3. The maximum atomic E-state index is 13.5. The average molecular weight is 506 g/mol. The van der Waals surface area contributed by atoms with Crippen LogP contribution in [0, 0.1) is 11.7 Å². The highest BCUT2D eigenvalue weighted by molar-refractivity contribution is 6.42. The summed E-state index contributed by atoms with van der Waals surface area (Å²) < 4.78 is 20.4. The van der Waals surface area contributed by atoms with Crippen molar-refractivity contribution in [3.63, 3.8) is 0 Å². The Labute approximate surface area is 207 Å². The fourth-order valence-electron chi connectivity index (χ4n) is 4.45. The molecule has 1 aromatic heterocycles. The minimum atomic E-state index is -0.558. The molecule has 0 bridgehead atoms. The van der Waals surface area contributed by atoms with E-state index in [0.29, 0.717) is 65.9 Å². The maximum Gasteiger partial charge on any atom is 0.309 e. The third-order valence-electron chi connectivity index (χ3n) is 6.25. The van der Waals surface area contributed by atoms with Gasteiger partial charge in [-0.2, -0.15) is 0 Å². The lowest BCUT2D eigenvalue weighted by molar-refractivity contribution is -0.151. The van der Waals surface area contributed by atoms with E-state index in [1.807, 2.05) is 11.5 Å². The molecule has 0 spiro atoms. The van der Waals surface area contributed by atoms with Crippen molar-refractivity contribution < 1.29 is 18.7 Å². The van der Waals surface area contributed by atoms with Crippen LogP contribution < -0.4 is 0 Å². The van der Waals surface area contributed by atoms with Crippen molar-refractivity contribution in [3.05, 3.63) is 63.6 Å². The van der Waals surface area contributed by atoms with Crippen molar-refractivity contribution >= 4 is 46.1 Å². The second-order valence-corrected chi connectivity index (χ2v) is 9.30. The van der Waals surface area contributed by atoms with Crippen LogP contribution in [-0.2, 0) is 20.7 Å². The number of carbonyl (C=O) groups excluding carboxylic acids is 2. The minimum absolute atomic E-state index is 0.0620. The van der Waals surface area contributed by atoms with Crippen molar-refractivity contribution in [2.75, 3.05) is 19.7 Å². The number of aromatic nitrogens is 2. The van der Waals surface area contributed by atoms with E-state index in [2.05, 4.69) is 0 Å². The molecule has 180 valence electrons.